The third kappa shape index (κ3) is 6.51. The fraction of sp³-hybridized carbons (Fsp3) is 0.636. The monoisotopic (exact) mass is 407 g/mol. The molecule has 0 heterocycles. The number of rotatable bonds is 7. The molecule has 0 spiro atoms. The van der Waals surface area contributed by atoms with Gasteiger partial charge in [0.15, 0.2) is 0 Å². The van der Waals surface area contributed by atoms with Crippen LogP contribution in [0.4, 0.5) is 0 Å². The fourth-order valence-electron chi connectivity index (χ4n) is 1.96. The van der Waals surface area contributed by atoms with Crippen LogP contribution in [0.15, 0.2) is 24.3 Å². The normalized spacial score (nSPS) is 13.9. The minimum Gasteiger partial charge on any atom is -0.541 e. The Morgan fingerprint density at radius 3 is 1.78 bits per heavy atom. The highest BCUT2D eigenvalue weighted by atomic mass is 28.4. The molecular weight excluding hydrogens is 366 g/mol. The number of nitrogens with two attached hydrogens (primary N) is 1. The van der Waals surface area contributed by atoms with E-state index in [1.54, 1.807) is 0 Å². The van der Waals surface area contributed by atoms with Crippen molar-refractivity contribution in [2.24, 2.45) is 5.73 Å². The van der Waals surface area contributed by atoms with Crippen molar-refractivity contribution in [1.82, 2.24) is 0 Å². The van der Waals surface area contributed by atoms with Gasteiger partial charge in [-0.3, -0.25) is 0 Å². The van der Waals surface area contributed by atoms with Gasteiger partial charge in [0.05, 0.1) is 0 Å². The Hall–Kier alpha value is -1.05. The zero-order chi connectivity index (χ0) is 21.1. The van der Waals surface area contributed by atoms with Gasteiger partial charge in [-0.15, -0.1) is 0 Å². The molecule has 0 amide bonds. The molecule has 1 rings (SSSR count). The van der Waals surface area contributed by atoms with Crippen molar-refractivity contribution in [2.75, 3.05) is 6.54 Å². The van der Waals surface area contributed by atoms with Gasteiger partial charge in [-0.2, -0.15) is 0 Å². The second-order valence-corrected chi connectivity index (χ2v) is 19.9. The summed E-state index contributed by atoms with van der Waals surface area (Å²) >= 11 is 0. The summed E-state index contributed by atoms with van der Waals surface area (Å²) in [6.07, 6.45) is 5.10. The molecule has 1 aromatic carbocycles. The van der Waals surface area contributed by atoms with Gasteiger partial charge in [0.1, 0.15) is 11.5 Å². The summed E-state index contributed by atoms with van der Waals surface area (Å²) in [5.41, 5.74) is 6.73. The average Bonchev–Trinajstić information content (AvgIpc) is 2.47. The van der Waals surface area contributed by atoms with E-state index in [1.165, 1.54) is 0 Å². The van der Waals surface area contributed by atoms with Gasteiger partial charge in [-0.1, -0.05) is 59.8 Å². The van der Waals surface area contributed by atoms with Crippen LogP contribution in [-0.2, 0) is 0 Å². The lowest BCUT2D eigenvalue weighted by molar-refractivity contribution is 0.440. The summed E-state index contributed by atoms with van der Waals surface area (Å²) in [6, 6.07) is 6.30. The van der Waals surface area contributed by atoms with E-state index in [0.717, 1.165) is 23.5 Å². The lowest BCUT2D eigenvalue weighted by Gasteiger charge is -2.39. The molecule has 0 radical (unpaired) electrons. The Morgan fingerprint density at radius 1 is 0.852 bits per heavy atom. The highest BCUT2D eigenvalue weighted by Crippen LogP contribution is 2.43. The molecule has 0 aliphatic heterocycles. The van der Waals surface area contributed by atoms with E-state index < -0.39 is 16.6 Å². The third-order valence-electron chi connectivity index (χ3n) is 5.95. The average molecular weight is 408 g/mol. The van der Waals surface area contributed by atoms with Gasteiger partial charge in [-0.05, 0) is 66.9 Å². The molecule has 5 heteroatoms. The van der Waals surface area contributed by atoms with Gasteiger partial charge in [0.2, 0.25) is 0 Å². The summed E-state index contributed by atoms with van der Waals surface area (Å²) < 4.78 is 13.3. The largest absolute Gasteiger partial charge is 0.541 e. The van der Waals surface area contributed by atoms with Gasteiger partial charge in [0, 0.05) is 0 Å². The van der Waals surface area contributed by atoms with Crippen molar-refractivity contribution in [1.29, 1.82) is 0 Å². The van der Waals surface area contributed by atoms with Crippen molar-refractivity contribution >= 4 is 22.7 Å². The van der Waals surface area contributed by atoms with E-state index >= 15 is 0 Å². The maximum Gasteiger partial charge on any atom is 0.250 e. The van der Waals surface area contributed by atoms with Crippen LogP contribution >= 0.6 is 0 Å². The standard InChI is InChI=1S/C22H41NO2Si2/c1-21(2,3)26(7,8)24-19-15-14-18(13-11-12-16-23)17-20(19)25-27(9,10)22(4,5)6/h11,13-15,17H,12,16,23H2,1-10H3. The molecular formula is C22H41NO2Si2. The summed E-state index contributed by atoms with van der Waals surface area (Å²) in [5.74, 6) is 1.75. The SMILES string of the molecule is CC(C)(C)[Si](C)(C)Oc1ccc(C=CCCN)cc1O[Si](C)(C)C(C)(C)C. The van der Waals surface area contributed by atoms with Crippen LogP contribution in [0, 0.1) is 0 Å². The highest BCUT2D eigenvalue weighted by molar-refractivity contribution is 6.75. The minimum atomic E-state index is -1.97. The predicted octanol–water partition coefficient (Wildman–Crippen LogP) is 6.82. The lowest BCUT2D eigenvalue weighted by Crippen LogP contribution is -2.45. The van der Waals surface area contributed by atoms with Crippen molar-refractivity contribution in [3.63, 3.8) is 0 Å². The Labute approximate surface area is 169 Å². The van der Waals surface area contributed by atoms with E-state index in [4.69, 9.17) is 14.6 Å². The molecule has 0 unspecified atom stereocenters. The quantitative estimate of drug-likeness (QED) is 0.504. The summed E-state index contributed by atoms with van der Waals surface area (Å²) in [7, 11) is -3.91. The molecule has 0 fully saturated rings. The molecule has 3 nitrogen and oxygen atoms in total. The minimum absolute atomic E-state index is 0.132. The molecule has 0 saturated heterocycles. The summed E-state index contributed by atoms with van der Waals surface area (Å²) in [6.45, 7) is 23.3. The van der Waals surface area contributed by atoms with Crippen LogP contribution in [-0.4, -0.2) is 23.2 Å². The predicted molar refractivity (Wildman–Crippen MR) is 125 cm³/mol. The molecule has 154 valence electrons. The number of benzene rings is 1. The van der Waals surface area contributed by atoms with Gasteiger partial charge in [-0.25, -0.2) is 0 Å². The Kier molecular flexibility index (Phi) is 7.59. The number of hydrogen-bond donors (Lipinski definition) is 1. The second kappa shape index (κ2) is 8.54. The first-order valence-electron chi connectivity index (χ1n) is 9.99. The molecule has 2 N–H and O–H groups in total. The molecule has 0 aromatic heterocycles. The molecule has 0 aliphatic carbocycles. The lowest BCUT2D eigenvalue weighted by atomic mass is 10.2. The molecule has 1 aromatic rings. The van der Waals surface area contributed by atoms with E-state index in [9.17, 15) is 0 Å². The second-order valence-electron chi connectivity index (χ2n) is 10.4. The topological polar surface area (TPSA) is 44.5 Å². The molecule has 0 aliphatic rings. The fourth-order valence-corrected chi connectivity index (χ4v) is 4.00. The molecule has 0 atom stereocenters. The Balaban J connectivity index is 3.33. The smallest absolute Gasteiger partial charge is 0.250 e. The maximum absolute atomic E-state index is 6.68. The van der Waals surface area contributed by atoms with Gasteiger partial charge < -0.3 is 14.6 Å². The zero-order valence-corrected chi connectivity index (χ0v) is 21.2. The van der Waals surface area contributed by atoms with Gasteiger partial charge in [0.25, 0.3) is 16.6 Å². The van der Waals surface area contributed by atoms with Crippen molar-refractivity contribution in [2.45, 2.75) is 84.2 Å². The maximum atomic E-state index is 6.68. The first kappa shape index (κ1) is 24.0. The van der Waals surface area contributed by atoms with Gasteiger partial charge >= 0.3 is 0 Å². The summed E-state index contributed by atoms with van der Waals surface area (Å²) in [5, 5.41) is 0.271. The van der Waals surface area contributed by atoms with E-state index in [-0.39, 0.29) is 10.1 Å². The van der Waals surface area contributed by atoms with E-state index in [0.29, 0.717) is 6.54 Å². The van der Waals surface area contributed by atoms with Crippen molar-refractivity contribution in [3.8, 4) is 11.5 Å². The van der Waals surface area contributed by atoms with Crippen LogP contribution in [0.25, 0.3) is 6.08 Å². The first-order chi connectivity index (χ1) is 12.1. The molecule has 0 saturated carbocycles. The molecule has 0 bridgehead atoms. The van der Waals surface area contributed by atoms with Crippen LogP contribution < -0.4 is 14.6 Å². The van der Waals surface area contributed by atoms with Crippen molar-refractivity contribution < 1.29 is 8.85 Å². The van der Waals surface area contributed by atoms with Crippen LogP contribution in [0.3, 0.4) is 0 Å². The van der Waals surface area contributed by atoms with Crippen LogP contribution in [0.2, 0.25) is 36.3 Å². The molecule has 27 heavy (non-hydrogen) atoms. The van der Waals surface area contributed by atoms with Crippen molar-refractivity contribution in [3.05, 3.63) is 29.8 Å². The van der Waals surface area contributed by atoms with E-state index in [2.05, 4.69) is 98.1 Å². The first-order valence-corrected chi connectivity index (χ1v) is 15.8. The van der Waals surface area contributed by atoms with Crippen LogP contribution in [0.1, 0.15) is 53.5 Å². The Morgan fingerprint density at radius 2 is 1.33 bits per heavy atom. The third-order valence-corrected chi connectivity index (χ3v) is 14.6. The van der Waals surface area contributed by atoms with E-state index in [1.807, 2.05) is 0 Å². The Bertz CT molecular complexity index is 653. The highest BCUT2D eigenvalue weighted by Gasteiger charge is 2.42. The zero-order valence-electron chi connectivity index (χ0n) is 19.2. The summed E-state index contributed by atoms with van der Waals surface area (Å²) in [4.78, 5) is 0. The van der Waals surface area contributed by atoms with Crippen LogP contribution in [0.5, 0.6) is 11.5 Å². The number of hydrogen-bond acceptors (Lipinski definition) is 3.